The van der Waals surface area contributed by atoms with E-state index < -0.39 is 0 Å². The second kappa shape index (κ2) is 7.00. The number of benzene rings is 1. The average Bonchev–Trinajstić information content (AvgIpc) is 3.11. The van der Waals surface area contributed by atoms with Gasteiger partial charge in [-0.2, -0.15) is 5.10 Å². The van der Waals surface area contributed by atoms with Gasteiger partial charge >= 0.3 is 0 Å². The molecule has 0 radical (unpaired) electrons. The quantitative estimate of drug-likeness (QED) is 0.760. The number of aromatic nitrogens is 3. The minimum Gasteiger partial charge on any atom is -0.345 e. The second-order valence-corrected chi connectivity index (χ2v) is 6.59. The van der Waals surface area contributed by atoms with Crippen LogP contribution in [0.3, 0.4) is 0 Å². The molecule has 6 heteroatoms. The molecule has 132 valence electrons. The number of hydrogen-bond donors (Lipinski definition) is 2. The van der Waals surface area contributed by atoms with Crippen LogP contribution in [0.5, 0.6) is 0 Å². The number of nitrogens with one attached hydrogen (secondary N) is 2. The van der Waals surface area contributed by atoms with E-state index in [4.69, 9.17) is 0 Å². The van der Waals surface area contributed by atoms with Gasteiger partial charge in [0.15, 0.2) is 0 Å². The van der Waals surface area contributed by atoms with Crippen molar-refractivity contribution in [1.29, 1.82) is 0 Å². The van der Waals surface area contributed by atoms with E-state index in [1.54, 1.807) is 17.1 Å². The molecule has 0 aliphatic heterocycles. The van der Waals surface area contributed by atoms with Gasteiger partial charge < -0.3 is 10.3 Å². The molecule has 0 unspecified atom stereocenters. The Kier molecular flexibility index (Phi) is 4.39. The molecule has 2 N–H and O–H groups in total. The van der Waals surface area contributed by atoms with Crippen molar-refractivity contribution in [3.63, 3.8) is 0 Å². The lowest BCUT2D eigenvalue weighted by atomic mass is 9.91. The van der Waals surface area contributed by atoms with Crippen LogP contribution in [0.25, 0.3) is 0 Å². The fourth-order valence-corrected chi connectivity index (χ4v) is 3.43. The zero-order valence-electron chi connectivity index (χ0n) is 14.3. The number of amides is 1. The summed E-state index contributed by atoms with van der Waals surface area (Å²) in [5.41, 5.74) is 3.50. The number of carbonyl (C=O) groups is 1. The van der Waals surface area contributed by atoms with Gasteiger partial charge in [0.05, 0.1) is 24.3 Å². The Bertz CT molecular complexity index is 975. The first-order valence-electron chi connectivity index (χ1n) is 8.78. The van der Waals surface area contributed by atoms with Crippen LogP contribution >= 0.6 is 0 Å². The molecule has 3 aromatic rings. The molecule has 6 nitrogen and oxygen atoms in total. The molecular formula is C20H20N4O2. The van der Waals surface area contributed by atoms with Crippen LogP contribution in [0.2, 0.25) is 0 Å². The smallest absolute Gasteiger partial charge is 0.254 e. The summed E-state index contributed by atoms with van der Waals surface area (Å²) in [6.45, 7) is 0.627. The summed E-state index contributed by atoms with van der Waals surface area (Å²) >= 11 is 0. The molecule has 1 aliphatic rings. The maximum atomic E-state index is 12.6. The summed E-state index contributed by atoms with van der Waals surface area (Å²) < 4.78 is 1.76. The third-order valence-corrected chi connectivity index (χ3v) is 4.72. The molecule has 2 aromatic heterocycles. The average molecular weight is 348 g/mol. The Morgan fingerprint density at radius 1 is 1.23 bits per heavy atom. The van der Waals surface area contributed by atoms with Crippen LogP contribution in [0.1, 0.15) is 46.1 Å². The molecule has 0 fully saturated rings. The zero-order chi connectivity index (χ0) is 17.9. The highest BCUT2D eigenvalue weighted by Gasteiger charge is 2.23. The maximum Gasteiger partial charge on any atom is 0.254 e. The van der Waals surface area contributed by atoms with Gasteiger partial charge in [-0.15, -0.1) is 0 Å². The molecular weight excluding hydrogens is 328 g/mol. The molecule has 0 saturated carbocycles. The third kappa shape index (κ3) is 3.44. The van der Waals surface area contributed by atoms with Crippen molar-refractivity contribution in [3.8, 4) is 0 Å². The highest BCUT2D eigenvalue weighted by molar-refractivity contribution is 5.94. The number of pyridine rings is 1. The van der Waals surface area contributed by atoms with Crippen molar-refractivity contribution in [2.24, 2.45) is 0 Å². The van der Waals surface area contributed by atoms with Crippen molar-refractivity contribution in [1.82, 2.24) is 20.1 Å². The summed E-state index contributed by atoms with van der Waals surface area (Å²) in [6, 6.07) is 13.2. The Morgan fingerprint density at radius 2 is 2.08 bits per heavy atom. The van der Waals surface area contributed by atoms with E-state index in [2.05, 4.69) is 15.4 Å². The summed E-state index contributed by atoms with van der Waals surface area (Å²) in [7, 11) is 0. The largest absolute Gasteiger partial charge is 0.345 e. The standard InChI is InChI=1S/C20H20N4O2/c25-19-10-9-16-17(22-19)7-4-8-18(16)23-20(26)15-11-21-24(13-15)12-14-5-2-1-3-6-14/h1-3,5-6,9-11,13,18H,4,7-8,12H2,(H,22,25)(H,23,26)/t18-/m0/s1. The number of fused-ring (bicyclic) bond motifs is 1. The van der Waals surface area contributed by atoms with E-state index in [0.29, 0.717) is 12.1 Å². The topological polar surface area (TPSA) is 79.8 Å². The lowest BCUT2D eigenvalue weighted by molar-refractivity contribution is 0.0932. The molecule has 26 heavy (non-hydrogen) atoms. The van der Waals surface area contributed by atoms with Crippen LogP contribution in [0, 0.1) is 0 Å². The number of aromatic amines is 1. The fourth-order valence-electron chi connectivity index (χ4n) is 3.43. The number of nitrogens with zero attached hydrogens (tertiary/aromatic N) is 2. The Hall–Kier alpha value is -3.15. The number of hydrogen-bond acceptors (Lipinski definition) is 3. The first-order valence-corrected chi connectivity index (χ1v) is 8.78. The van der Waals surface area contributed by atoms with Crippen LogP contribution in [0.4, 0.5) is 0 Å². The molecule has 0 spiro atoms. The fraction of sp³-hybridized carbons (Fsp3) is 0.250. The normalized spacial score (nSPS) is 16.1. The van der Waals surface area contributed by atoms with Gasteiger partial charge in [0.25, 0.3) is 5.91 Å². The molecule has 1 atom stereocenters. The van der Waals surface area contributed by atoms with E-state index in [0.717, 1.165) is 36.1 Å². The van der Waals surface area contributed by atoms with Gasteiger partial charge in [-0.3, -0.25) is 14.3 Å². The van der Waals surface area contributed by atoms with Crippen molar-refractivity contribution in [3.05, 3.63) is 87.6 Å². The van der Waals surface area contributed by atoms with E-state index in [9.17, 15) is 9.59 Å². The number of rotatable bonds is 4. The van der Waals surface area contributed by atoms with E-state index in [1.807, 2.05) is 36.4 Å². The van der Waals surface area contributed by atoms with Crippen LogP contribution < -0.4 is 10.9 Å². The highest BCUT2D eigenvalue weighted by Crippen LogP contribution is 2.27. The minimum absolute atomic E-state index is 0.0828. The first kappa shape index (κ1) is 16.3. The molecule has 0 saturated heterocycles. The SMILES string of the molecule is O=C(N[C@H]1CCCc2[nH]c(=O)ccc21)c1cnn(Cc2ccccc2)c1. The zero-order valence-corrected chi connectivity index (χ0v) is 14.3. The van der Waals surface area contributed by atoms with Crippen molar-refractivity contribution in [2.45, 2.75) is 31.8 Å². The molecule has 1 amide bonds. The lowest BCUT2D eigenvalue weighted by Gasteiger charge is -2.25. The molecule has 2 heterocycles. The van der Waals surface area contributed by atoms with Crippen molar-refractivity contribution >= 4 is 5.91 Å². The van der Waals surface area contributed by atoms with Crippen LogP contribution in [-0.4, -0.2) is 20.7 Å². The van der Waals surface area contributed by atoms with Gasteiger partial charge in [0.2, 0.25) is 5.56 Å². The molecule has 0 bridgehead atoms. The maximum absolute atomic E-state index is 12.6. The van der Waals surface area contributed by atoms with Gasteiger partial charge in [-0.1, -0.05) is 30.3 Å². The van der Waals surface area contributed by atoms with Crippen molar-refractivity contribution in [2.75, 3.05) is 0 Å². The summed E-state index contributed by atoms with van der Waals surface area (Å²) in [6.07, 6.45) is 5.99. The summed E-state index contributed by atoms with van der Waals surface area (Å²) in [4.78, 5) is 27.0. The van der Waals surface area contributed by atoms with E-state index >= 15 is 0 Å². The van der Waals surface area contributed by atoms with E-state index in [-0.39, 0.29) is 17.5 Å². The van der Waals surface area contributed by atoms with Gasteiger partial charge in [0.1, 0.15) is 0 Å². The lowest BCUT2D eigenvalue weighted by Crippen LogP contribution is -2.32. The molecule has 4 rings (SSSR count). The summed E-state index contributed by atoms with van der Waals surface area (Å²) in [5.74, 6) is -0.145. The van der Waals surface area contributed by atoms with E-state index in [1.165, 1.54) is 6.07 Å². The third-order valence-electron chi connectivity index (χ3n) is 4.72. The van der Waals surface area contributed by atoms with Crippen molar-refractivity contribution < 1.29 is 4.79 Å². The number of aryl methyl sites for hydroxylation is 1. The highest BCUT2D eigenvalue weighted by atomic mass is 16.1. The second-order valence-electron chi connectivity index (χ2n) is 6.59. The monoisotopic (exact) mass is 348 g/mol. The number of carbonyl (C=O) groups excluding carboxylic acids is 1. The van der Waals surface area contributed by atoms with Crippen LogP contribution in [-0.2, 0) is 13.0 Å². The Balaban J connectivity index is 1.47. The van der Waals surface area contributed by atoms with Gasteiger partial charge in [-0.05, 0) is 36.5 Å². The van der Waals surface area contributed by atoms with Gasteiger partial charge in [0, 0.05) is 18.0 Å². The number of H-pyrrole nitrogens is 1. The minimum atomic E-state index is -0.145. The van der Waals surface area contributed by atoms with Gasteiger partial charge in [-0.25, -0.2) is 0 Å². The summed E-state index contributed by atoms with van der Waals surface area (Å²) in [5, 5.41) is 7.36. The molecule has 1 aromatic carbocycles. The Morgan fingerprint density at radius 3 is 2.92 bits per heavy atom. The molecule has 1 aliphatic carbocycles. The Labute approximate surface area is 150 Å². The predicted octanol–water partition coefficient (Wildman–Crippen LogP) is 2.43. The predicted molar refractivity (Wildman–Crippen MR) is 98.0 cm³/mol. The van der Waals surface area contributed by atoms with Crippen LogP contribution in [0.15, 0.2) is 59.7 Å². The first-order chi connectivity index (χ1) is 12.7.